The lowest BCUT2D eigenvalue weighted by Gasteiger charge is -2.05. The first-order chi connectivity index (χ1) is 9.70. The molecule has 1 heterocycles. The van der Waals surface area contributed by atoms with Crippen molar-refractivity contribution in [1.82, 2.24) is 15.0 Å². The van der Waals surface area contributed by atoms with Crippen LogP contribution in [0.25, 0.3) is 16.7 Å². The summed E-state index contributed by atoms with van der Waals surface area (Å²) in [6, 6.07) is 12.7. The lowest BCUT2D eigenvalue weighted by molar-refractivity contribution is 0.0698. The van der Waals surface area contributed by atoms with Gasteiger partial charge in [0.25, 0.3) is 0 Å². The van der Waals surface area contributed by atoms with Crippen LogP contribution in [0.3, 0.4) is 0 Å². The van der Waals surface area contributed by atoms with E-state index in [9.17, 15) is 9.90 Å². The number of thioether (sulfide) groups is 1. The number of rotatable bonds is 3. The largest absolute Gasteiger partial charge is 0.478 e. The maximum absolute atomic E-state index is 11.3. The lowest BCUT2D eigenvalue weighted by atomic mass is 10.2. The maximum Gasteiger partial charge on any atom is 0.337 e. The number of carbonyl (C=O) groups is 1. The summed E-state index contributed by atoms with van der Waals surface area (Å²) < 4.78 is 1.57. The standard InChI is InChI=1S/C14H11N3O2S/c1-20-10-5-2-4-9(8-10)17-13-11(14(18)19)6-3-7-12(13)15-16-17/h2-8H,1H3,(H,18,19). The molecule has 1 N–H and O–H groups in total. The predicted octanol–water partition coefficient (Wildman–Crippen LogP) is 2.84. The first kappa shape index (κ1) is 12.7. The van der Waals surface area contributed by atoms with Gasteiger partial charge in [-0.3, -0.25) is 0 Å². The number of hydrogen-bond donors (Lipinski definition) is 1. The van der Waals surface area contributed by atoms with Gasteiger partial charge < -0.3 is 5.11 Å². The summed E-state index contributed by atoms with van der Waals surface area (Å²) in [5.41, 5.74) is 2.08. The Labute approximate surface area is 119 Å². The van der Waals surface area contributed by atoms with Crippen LogP contribution in [0.1, 0.15) is 10.4 Å². The molecule has 100 valence electrons. The highest BCUT2D eigenvalue weighted by molar-refractivity contribution is 7.98. The van der Waals surface area contributed by atoms with Crippen molar-refractivity contribution >= 4 is 28.8 Å². The Kier molecular flexibility index (Phi) is 3.15. The smallest absolute Gasteiger partial charge is 0.337 e. The van der Waals surface area contributed by atoms with E-state index in [1.165, 1.54) is 0 Å². The third-order valence-electron chi connectivity index (χ3n) is 3.00. The van der Waals surface area contributed by atoms with Crippen molar-refractivity contribution in [2.45, 2.75) is 4.90 Å². The number of carboxylic acids is 1. The Morgan fingerprint density at radius 1 is 1.25 bits per heavy atom. The summed E-state index contributed by atoms with van der Waals surface area (Å²) in [5.74, 6) is -0.986. The van der Waals surface area contributed by atoms with E-state index < -0.39 is 5.97 Å². The van der Waals surface area contributed by atoms with Crippen LogP contribution in [0.4, 0.5) is 0 Å². The van der Waals surface area contributed by atoms with Crippen molar-refractivity contribution in [2.24, 2.45) is 0 Å². The Hall–Kier alpha value is -2.34. The summed E-state index contributed by atoms with van der Waals surface area (Å²) in [7, 11) is 0. The predicted molar refractivity (Wildman–Crippen MR) is 77.6 cm³/mol. The van der Waals surface area contributed by atoms with Gasteiger partial charge in [-0.1, -0.05) is 17.3 Å². The van der Waals surface area contributed by atoms with Crippen LogP contribution in [0.2, 0.25) is 0 Å². The molecule has 0 fully saturated rings. The van der Waals surface area contributed by atoms with Gasteiger partial charge in [-0.05, 0) is 36.6 Å². The summed E-state index contributed by atoms with van der Waals surface area (Å²) in [6.45, 7) is 0. The molecule has 0 amide bonds. The van der Waals surface area contributed by atoms with Crippen LogP contribution in [0.5, 0.6) is 0 Å². The van der Waals surface area contributed by atoms with Crippen LogP contribution in [-0.2, 0) is 0 Å². The van der Waals surface area contributed by atoms with Crippen molar-refractivity contribution in [1.29, 1.82) is 0 Å². The molecule has 0 saturated carbocycles. The summed E-state index contributed by atoms with van der Waals surface area (Å²) in [5, 5.41) is 17.4. The molecule has 0 bridgehead atoms. The molecule has 0 saturated heterocycles. The molecule has 0 aliphatic carbocycles. The minimum Gasteiger partial charge on any atom is -0.478 e. The molecule has 0 radical (unpaired) electrons. The van der Waals surface area contributed by atoms with Gasteiger partial charge in [-0.15, -0.1) is 16.9 Å². The van der Waals surface area contributed by atoms with E-state index in [1.807, 2.05) is 30.5 Å². The highest BCUT2D eigenvalue weighted by Crippen LogP contribution is 2.23. The fraction of sp³-hybridized carbons (Fsp3) is 0.0714. The zero-order valence-electron chi connectivity index (χ0n) is 10.6. The number of fused-ring (bicyclic) bond motifs is 1. The number of nitrogens with zero attached hydrogens (tertiary/aromatic N) is 3. The van der Waals surface area contributed by atoms with Gasteiger partial charge in [0.1, 0.15) is 11.0 Å². The molecule has 20 heavy (non-hydrogen) atoms. The third-order valence-corrected chi connectivity index (χ3v) is 3.72. The number of hydrogen-bond acceptors (Lipinski definition) is 4. The van der Waals surface area contributed by atoms with E-state index in [1.54, 1.807) is 34.6 Å². The Bertz CT molecular complexity index is 798. The van der Waals surface area contributed by atoms with Gasteiger partial charge in [-0.2, -0.15) is 0 Å². The second kappa shape index (κ2) is 4.97. The summed E-state index contributed by atoms with van der Waals surface area (Å²) >= 11 is 1.62. The lowest BCUT2D eigenvalue weighted by Crippen LogP contribution is -2.03. The molecule has 3 aromatic rings. The van der Waals surface area contributed by atoms with E-state index in [2.05, 4.69) is 10.3 Å². The third kappa shape index (κ3) is 2.04. The second-order valence-corrected chi connectivity index (χ2v) is 5.06. The van der Waals surface area contributed by atoms with Gasteiger partial charge in [0.2, 0.25) is 0 Å². The molecule has 1 aromatic heterocycles. The number of aromatic nitrogens is 3. The van der Waals surface area contributed by atoms with Gasteiger partial charge in [0.05, 0.1) is 11.3 Å². The van der Waals surface area contributed by atoms with E-state index in [4.69, 9.17) is 0 Å². The molecule has 0 aliphatic rings. The quantitative estimate of drug-likeness (QED) is 0.749. The molecule has 0 unspecified atom stereocenters. The Morgan fingerprint density at radius 3 is 2.80 bits per heavy atom. The van der Waals surface area contributed by atoms with E-state index in [0.29, 0.717) is 11.0 Å². The van der Waals surface area contributed by atoms with Crippen molar-refractivity contribution in [2.75, 3.05) is 6.26 Å². The van der Waals surface area contributed by atoms with Gasteiger partial charge in [-0.25, -0.2) is 9.48 Å². The SMILES string of the molecule is CSc1cccc(-n2nnc3cccc(C(=O)O)c32)c1. The zero-order valence-corrected chi connectivity index (χ0v) is 11.5. The van der Waals surface area contributed by atoms with Crippen LogP contribution in [0, 0.1) is 0 Å². The summed E-state index contributed by atoms with van der Waals surface area (Å²) in [6.07, 6.45) is 1.99. The Morgan fingerprint density at radius 2 is 2.05 bits per heavy atom. The molecule has 2 aromatic carbocycles. The van der Waals surface area contributed by atoms with Crippen molar-refractivity contribution in [3.63, 3.8) is 0 Å². The van der Waals surface area contributed by atoms with Crippen LogP contribution >= 0.6 is 11.8 Å². The number of benzene rings is 2. The fourth-order valence-corrected chi connectivity index (χ4v) is 2.52. The highest BCUT2D eigenvalue weighted by atomic mass is 32.2. The topological polar surface area (TPSA) is 68.0 Å². The molecular formula is C14H11N3O2S. The molecular weight excluding hydrogens is 274 g/mol. The number of para-hydroxylation sites is 1. The molecule has 6 heteroatoms. The average molecular weight is 285 g/mol. The monoisotopic (exact) mass is 285 g/mol. The van der Waals surface area contributed by atoms with Crippen molar-refractivity contribution in [3.8, 4) is 5.69 Å². The maximum atomic E-state index is 11.3. The molecule has 0 aliphatic heterocycles. The molecule has 5 nitrogen and oxygen atoms in total. The first-order valence-electron chi connectivity index (χ1n) is 5.93. The number of aromatic carboxylic acids is 1. The number of carboxylic acid groups (broad SMARTS) is 1. The van der Waals surface area contributed by atoms with Gasteiger partial charge in [0, 0.05) is 4.90 Å². The average Bonchev–Trinajstić information content (AvgIpc) is 2.91. The highest BCUT2D eigenvalue weighted by Gasteiger charge is 2.15. The molecule has 3 rings (SSSR count). The molecule has 0 spiro atoms. The second-order valence-electron chi connectivity index (χ2n) is 4.18. The van der Waals surface area contributed by atoms with Crippen LogP contribution in [-0.4, -0.2) is 32.3 Å². The van der Waals surface area contributed by atoms with E-state index in [-0.39, 0.29) is 5.56 Å². The summed E-state index contributed by atoms with van der Waals surface area (Å²) in [4.78, 5) is 12.4. The van der Waals surface area contributed by atoms with Gasteiger partial charge in [0.15, 0.2) is 0 Å². The van der Waals surface area contributed by atoms with Crippen LogP contribution < -0.4 is 0 Å². The van der Waals surface area contributed by atoms with Gasteiger partial charge >= 0.3 is 5.97 Å². The zero-order chi connectivity index (χ0) is 14.1. The first-order valence-corrected chi connectivity index (χ1v) is 7.15. The van der Waals surface area contributed by atoms with Crippen LogP contribution in [0.15, 0.2) is 47.4 Å². The van der Waals surface area contributed by atoms with E-state index >= 15 is 0 Å². The molecule has 0 atom stereocenters. The minimum atomic E-state index is -0.986. The normalized spacial score (nSPS) is 10.8. The van der Waals surface area contributed by atoms with Crippen molar-refractivity contribution in [3.05, 3.63) is 48.0 Å². The van der Waals surface area contributed by atoms with E-state index in [0.717, 1.165) is 10.6 Å². The Balaban J connectivity index is 2.28. The minimum absolute atomic E-state index is 0.196. The van der Waals surface area contributed by atoms with Crippen molar-refractivity contribution < 1.29 is 9.90 Å². The fourth-order valence-electron chi connectivity index (χ4n) is 2.07.